The van der Waals surface area contributed by atoms with Crippen molar-refractivity contribution in [3.8, 4) is 0 Å². The van der Waals surface area contributed by atoms with Crippen molar-refractivity contribution in [2.45, 2.75) is 26.7 Å². The topological polar surface area (TPSA) is 60.9 Å². The zero-order valence-electron chi connectivity index (χ0n) is 18.6. The average molecular weight is 466 g/mol. The zero-order chi connectivity index (χ0) is 23.5. The predicted octanol–water partition coefficient (Wildman–Crippen LogP) is 3.48. The number of aryl methyl sites for hydroxylation is 1. The minimum absolute atomic E-state index is 0.0120. The molecule has 0 bridgehead atoms. The van der Waals surface area contributed by atoms with E-state index in [9.17, 15) is 22.0 Å². The summed E-state index contributed by atoms with van der Waals surface area (Å²) >= 11 is 0. The number of benzene rings is 2. The van der Waals surface area contributed by atoms with Gasteiger partial charge in [-0.1, -0.05) is 12.1 Å². The molecule has 3 rings (SSSR count). The fourth-order valence-electron chi connectivity index (χ4n) is 3.93. The van der Waals surface area contributed by atoms with Crippen LogP contribution in [0.3, 0.4) is 0 Å². The lowest BCUT2D eigenvalue weighted by Gasteiger charge is -2.37. The molecule has 1 saturated heterocycles. The molecule has 0 atom stereocenters. The first-order chi connectivity index (χ1) is 15.1. The molecule has 6 nitrogen and oxygen atoms in total. The van der Waals surface area contributed by atoms with Crippen LogP contribution in [-0.2, 0) is 14.8 Å². The third-order valence-corrected chi connectivity index (χ3v) is 7.09. The second-order valence-electron chi connectivity index (χ2n) is 8.12. The van der Waals surface area contributed by atoms with Crippen molar-refractivity contribution in [1.29, 1.82) is 0 Å². The first-order valence-corrected chi connectivity index (χ1v) is 12.4. The van der Waals surface area contributed by atoms with Gasteiger partial charge in [0.15, 0.2) is 11.6 Å². The van der Waals surface area contributed by atoms with Gasteiger partial charge >= 0.3 is 0 Å². The molecule has 0 N–H and O–H groups in total. The van der Waals surface area contributed by atoms with Gasteiger partial charge in [0.05, 0.1) is 11.9 Å². The van der Waals surface area contributed by atoms with Crippen molar-refractivity contribution in [3.63, 3.8) is 0 Å². The average Bonchev–Trinajstić information content (AvgIpc) is 2.74. The first kappa shape index (κ1) is 24.0. The van der Waals surface area contributed by atoms with E-state index in [-0.39, 0.29) is 31.0 Å². The Bertz CT molecular complexity index is 1080. The van der Waals surface area contributed by atoms with Crippen molar-refractivity contribution in [2.24, 2.45) is 0 Å². The molecular weight excluding hydrogens is 436 g/mol. The molecule has 2 aromatic carbocycles. The van der Waals surface area contributed by atoms with Crippen molar-refractivity contribution < 1.29 is 22.0 Å². The second kappa shape index (κ2) is 9.85. The number of hydrogen-bond acceptors (Lipinski definition) is 4. The van der Waals surface area contributed by atoms with Crippen LogP contribution >= 0.6 is 0 Å². The predicted molar refractivity (Wildman–Crippen MR) is 122 cm³/mol. The summed E-state index contributed by atoms with van der Waals surface area (Å²) in [7, 11) is -3.70. The molecule has 174 valence electrons. The van der Waals surface area contributed by atoms with Gasteiger partial charge in [-0.3, -0.25) is 9.10 Å². The molecule has 1 fully saturated rings. The summed E-state index contributed by atoms with van der Waals surface area (Å²) in [6.45, 7) is 6.87. The Morgan fingerprint density at radius 3 is 2.34 bits per heavy atom. The summed E-state index contributed by atoms with van der Waals surface area (Å²) in [5.74, 6) is -2.20. The van der Waals surface area contributed by atoms with Crippen LogP contribution in [0.25, 0.3) is 0 Å². The highest BCUT2D eigenvalue weighted by atomic mass is 32.2. The molecule has 0 radical (unpaired) electrons. The van der Waals surface area contributed by atoms with Crippen LogP contribution in [0.15, 0.2) is 36.4 Å². The molecule has 1 aliphatic rings. The van der Waals surface area contributed by atoms with Gasteiger partial charge in [-0.15, -0.1) is 0 Å². The maximum atomic E-state index is 13.6. The Balaban J connectivity index is 1.55. The number of amides is 1. The Hall–Kier alpha value is -2.68. The van der Waals surface area contributed by atoms with Gasteiger partial charge in [-0.2, -0.15) is 0 Å². The molecule has 0 saturated carbocycles. The maximum Gasteiger partial charge on any atom is 0.232 e. The molecular formula is C23H29F2N3O3S. The van der Waals surface area contributed by atoms with Crippen molar-refractivity contribution in [1.82, 2.24) is 4.90 Å². The normalized spacial score (nSPS) is 14.5. The number of hydrogen-bond donors (Lipinski definition) is 0. The SMILES string of the molecule is Cc1cccc(N2CCN(C(=O)CCCN(c3ccc(F)c(F)c3)S(C)(=O)=O)CC2)c1C. The third-order valence-electron chi connectivity index (χ3n) is 5.89. The highest BCUT2D eigenvalue weighted by molar-refractivity contribution is 7.92. The largest absolute Gasteiger partial charge is 0.368 e. The number of carbonyl (C=O) groups excluding carboxylic acids is 1. The number of anilines is 2. The third kappa shape index (κ3) is 5.56. The Labute approximate surface area is 188 Å². The lowest BCUT2D eigenvalue weighted by Crippen LogP contribution is -2.49. The van der Waals surface area contributed by atoms with E-state index in [1.807, 2.05) is 6.07 Å². The van der Waals surface area contributed by atoms with Crippen molar-refractivity contribution in [2.75, 3.05) is 48.2 Å². The summed E-state index contributed by atoms with van der Waals surface area (Å²) in [6, 6.07) is 9.17. The van der Waals surface area contributed by atoms with Gasteiger partial charge in [0.2, 0.25) is 15.9 Å². The molecule has 9 heteroatoms. The van der Waals surface area contributed by atoms with E-state index >= 15 is 0 Å². The van der Waals surface area contributed by atoms with Crippen LogP contribution in [-0.4, -0.2) is 58.2 Å². The highest BCUT2D eigenvalue weighted by Gasteiger charge is 2.23. The second-order valence-corrected chi connectivity index (χ2v) is 10.0. The maximum absolute atomic E-state index is 13.6. The van der Waals surface area contributed by atoms with E-state index in [2.05, 4.69) is 30.9 Å². The number of nitrogens with zero attached hydrogens (tertiary/aromatic N) is 3. The lowest BCUT2D eigenvalue weighted by atomic mass is 10.1. The van der Waals surface area contributed by atoms with Gasteiger partial charge in [0, 0.05) is 50.9 Å². The molecule has 0 aromatic heterocycles. The van der Waals surface area contributed by atoms with Crippen molar-refractivity contribution >= 4 is 27.3 Å². The number of halogens is 2. The number of rotatable bonds is 7. The number of carbonyl (C=O) groups is 1. The quantitative estimate of drug-likeness (QED) is 0.628. The fourth-order valence-corrected chi connectivity index (χ4v) is 4.89. The Morgan fingerprint density at radius 1 is 1.03 bits per heavy atom. The zero-order valence-corrected chi connectivity index (χ0v) is 19.5. The van der Waals surface area contributed by atoms with Gasteiger partial charge in [-0.05, 0) is 49.6 Å². The Morgan fingerprint density at radius 2 is 1.72 bits per heavy atom. The number of sulfonamides is 1. The standard InChI is InChI=1S/C23H29F2N3O3S/c1-17-6-4-7-22(18(17)2)26-12-14-27(15-13-26)23(29)8-5-11-28(32(3,30)31)19-9-10-20(24)21(25)16-19/h4,6-7,9-10,16H,5,8,11-15H2,1-3H3. The first-order valence-electron chi connectivity index (χ1n) is 10.6. The summed E-state index contributed by atoms with van der Waals surface area (Å²) in [5, 5.41) is 0. The molecule has 1 aliphatic heterocycles. The van der Waals surface area contributed by atoms with Crippen LogP contribution in [0.4, 0.5) is 20.2 Å². The highest BCUT2D eigenvalue weighted by Crippen LogP contribution is 2.24. The molecule has 1 amide bonds. The van der Waals surface area contributed by atoms with Crippen LogP contribution in [0.5, 0.6) is 0 Å². The van der Waals surface area contributed by atoms with E-state index in [0.29, 0.717) is 13.1 Å². The number of piperazine rings is 1. The monoisotopic (exact) mass is 465 g/mol. The van der Waals surface area contributed by atoms with Gasteiger partial charge in [-0.25, -0.2) is 17.2 Å². The van der Waals surface area contributed by atoms with E-state index in [1.54, 1.807) is 4.90 Å². The van der Waals surface area contributed by atoms with Gasteiger partial charge in [0.25, 0.3) is 0 Å². The van der Waals surface area contributed by atoms with Crippen LogP contribution in [0.2, 0.25) is 0 Å². The van der Waals surface area contributed by atoms with E-state index in [1.165, 1.54) is 22.9 Å². The lowest BCUT2D eigenvalue weighted by molar-refractivity contribution is -0.131. The molecule has 1 heterocycles. The van der Waals surface area contributed by atoms with E-state index in [0.717, 1.165) is 35.8 Å². The van der Waals surface area contributed by atoms with E-state index in [4.69, 9.17) is 0 Å². The molecule has 0 spiro atoms. The van der Waals surface area contributed by atoms with Crippen LogP contribution < -0.4 is 9.21 Å². The summed E-state index contributed by atoms with van der Waals surface area (Å²) < 4.78 is 52.0. The fraction of sp³-hybridized carbons (Fsp3) is 0.435. The Kier molecular flexibility index (Phi) is 7.38. The summed E-state index contributed by atoms with van der Waals surface area (Å²) in [4.78, 5) is 16.7. The smallest absolute Gasteiger partial charge is 0.232 e. The molecule has 0 aliphatic carbocycles. The van der Waals surface area contributed by atoms with Crippen molar-refractivity contribution in [3.05, 3.63) is 59.2 Å². The molecule has 2 aromatic rings. The van der Waals surface area contributed by atoms with Crippen LogP contribution in [0, 0.1) is 25.5 Å². The van der Waals surface area contributed by atoms with Crippen LogP contribution in [0.1, 0.15) is 24.0 Å². The minimum atomic E-state index is -3.70. The van der Waals surface area contributed by atoms with Gasteiger partial charge < -0.3 is 9.80 Å². The molecule has 0 unspecified atom stereocenters. The minimum Gasteiger partial charge on any atom is -0.368 e. The van der Waals surface area contributed by atoms with E-state index < -0.39 is 21.7 Å². The van der Waals surface area contributed by atoms with Gasteiger partial charge in [0.1, 0.15) is 0 Å². The summed E-state index contributed by atoms with van der Waals surface area (Å²) in [5.41, 5.74) is 3.70. The molecule has 32 heavy (non-hydrogen) atoms. The summed E-state index contributed by atoms with van der Waals surface area (Å²) in [6.07, 6.45) is 1.46.